The fourth-order valence-electron chi connectivity index (χ4n) is 7.31. The van der Waals surface area contributed by atoms with Crippen LogP contribution in [0.4, 0.5) is 4.79 Å². The van der Waals surface area contributed by atoms with E-state index in [0.717, 1.165) is 22.3 Å². The lowest BCUT2D eigenvalue weighted by Crippen LogP contribution is -2.60. The van der Waals surface area contributed by atoms with Crippen molar-refractivity contribution in [1.29, 1.82) is 0 Å². The SMILES string of the molecule is CSCC[C@@H](NC(=O)OCC1c2ccccc2-c2ccccc21)C(=O)N[C@H](CCC(=O)OC(C)(C)C)C(=O)N[C@H](CCN=C(N)N)C(=O)N[C@@H](C(=O)N[C@H](CCC(=O)OC(C)(C)C)C(=O)O)C(C)C. The van der Waals surface area contributed by atoms with Crippen molar-refractivity contribution in [2.45, 2.75) is 141 Å². The van der Waals surface area contributed by atoms with Crippen molar-refractivity contribution in [2.75, 3.05) is 25.2 Å². The molecule has 380 valence electrons. The van der Waals surface area contributed by atoms with E-state index in [1.807, 2.05) is 54.8 Å². The molecule has 5 atom stereocenters. The Bertz CT molecular complexity index is 2120. The molecule has 0 fully saturated rings. The monoisotopic (exact) mass is 982 g/mol. The highest BCUT2D eigenvalue weighted by molar-refractivity contribution is 7.98. The molecule has 0 unspecified atom stereocenters. The molecule has 69 heavy (non-hydrogen) atoms. The Morgan fingerprint density at radius 1 is 0.652 bits per heavy atom. The van der Waals surface area contributed by atoms with Gasteiger partial charge in [0.15, 0.2) is 5.96 Å². The lowest BCUT2D eigenvalue weighted by Gasteiger charge is -2.28. The Morgan fingerprint density at radius 2 is 1.10 bits per heavy atom. The van der Waals surface area contributed by atoms with Gasteiger partial charge in [0.1, 0.15) is 48.0 Å². The minimum atomic E-state index is -1.52. The highest BCUT2D eigenvalue weighted by atomic mass is 32.2. The number of carbonyl (C=O) groups excluding carboxylic acids is 7. The average Bonchev–Trinajstić information content (AvgIpc) is 3.57. The molecule has 2 aromatic rings. The van der Waals surface area contributed by atoms with Crippen molar-refractivity contribution in [3.63, 3.8) is 0 Å². The third kappa shape index (κ3) is 19.3. The lowest BCUT2D eigenvalue weighted by atomic mass is 9.98. The smallest absolute Gasteiger partial charge is 0.407 e. The van der Waals surface area contributed by atoms with Crippen molar-refractivity contribution < 1.29 is 57.7 Å². The number of ether oxygens (including phenoxy) is 3. The van der Waals surface area contributed by atoms with E-state index in [0.29, 0.717) is 5.75 Å². The Balaban J connectivity index is 1.84. The quantitative estimate of drug-likeness (QED) is 0.0307. The molecule has 0 heterocycles. The molecule has 3 rings (SSSR count). The maximum Gasteiger partial charge on any atom is 0.407 e. The van der Waals surface area contributed by atoms with Crippen LogP contribution in [0.3, 0.4) is 0 Å². The molecule has 1 aliphatic carbocycles. The van der Waals surface area contributed by atoms with Crippen LogP contribution in [-0.4, -0.2) is 125 Å². The number of carbonyl (C=O) groups is 8. The normalized spacial score (nSPS) is 14.3. The fraction of sp³-hybridized carbons (Fsp3) is 0.562. The predicted molar refractivity (Wildman–Crippen MR) is 261 cm³/mol. The number of nitrogens with two attached hydrogens (primary N) is 2. The Labute approximate surface area is 407 Å². The summed E-state index contributed by atoms with van der Waals surface area (Å²) in [5, 5.41) is 22.7. The van der Waals surface area contributed by atoms with Gasteiger partial charge in [0.05, 0.1) is 0 Å². The summed E-state index contributed by atoms with van der Waals surface area (Å²) in [7, 11) is 0. The highest BCUT2D eigenvalue weighted by Crippen LogP contribution is 2.44. The molecule has 10 N–H and O–H groups in total. The van der Waals surface area contributed by atoms with Crippen molar-refractivity contribution >= 4 is 65.4 Å². The van der Waals surface area contributed by atoms with Crippen molar-refractivity contribution in [2.24, 2.45) is 22.4 Å². The van der Waals surface area contributed by atoms with Gasteiger partial charge in [-0.2, -0.15) is 11.8 Å². The number of hydrogen-bond donors (Lipinski definition) is 8. The first-order valence-corrected chi connectivity index (χ1v) is 24.2. The van der Waals surface area contributed by atoms with Gasteiger partial charge in [-0.05, 0) is 107 Å². The fourth-order valence-corrected chi connectivity index (χ4v) is 7.78. The second-order valence-corrected chi connectivity index (χ2v) is 19.9. The first-order valence-electron chi connectivity index (χ1n) is 22.8. The van der Waals surface area contributed by atoms with E-state index in [1.165, 1.54) is 11.8 Å². The minimum Gasteiger partial charge on any atom is -0.480 e. The number of aliphatic imine (C=N–C) groups is 1. The van der Waals surface area contributed by atoms with E-state index >= 15 is 0 Å². The number of hydrogen-bond acceptors (Lipinski definition) is 13. The van der Waals surface area contributed by atoms with Gasteiger partial charge >= 0.3 is 24.0 Å². The molecule has 1 aliphatic rings. The number of nitrogens with one attached hydrogen (secondary N) is 5. The van der Waals surface area contributed by atoms with Gasteiger partial charge in [0.25, 0.3) is 0 Å². The molecule has 0 saturated heterocycles. The third-order valence-corrected chi connectivity index (χ3v) is 11.2. The summed E-state index contributed by atoms with van der Waals surface area (Å²) in [5.74, 6) is -7.00. The molecule has 0 radical (unpaired) electrons. The number of carboxylic acid groups (broad SMARTS) is 1. The number of fused-ring (bicyclic) bond motifs is 3. The highest BCUT2D eigenvalue weighted by Gasteiger charge is 2.35. The van der Waals surface area contributed by atoms with E-state index in [9.17, 15) is 43.5 Å². The van der Waals surface area contributed by atoms with Crippen molar-refractivity contribution in [3.05, 3.63) is 59.7 Å². The van der Waals surface area contributed by atoms with Gasteiger partial charge in [-0.25, -0.2) is 9.59 Å². The summed E-state index contributed by atoms with van der Waals surface area (Å²) in [6, 6.07) is 8.66. The molecule has 2 aromatic carbocycles. The number of aliphatic carboxylic acids is 1. The number of amides is 5. The summed E-state index contributed by atoms with van der Waals surface area (Å²) < 4.78 is 16.4. The second-order valence-electron chi connectivity index (χ2n) is 18.9. The summed E-state index contributed by atoms with van der Waals surface area (Å²) >= 11 is 1.42. The Hall–Kier alpha value is -6.38. The number of carboxylic acids is 1. The predicted octanol–water partition coefficient (Wildman–Crippen LogP) is 3.23. The molecule has 0 spiro atoms. The van der Waals surface area contributed by atoms with Crippen LogP contribution >= 0.6 is 11.8 Å². The molecule has 0 aromatic heterocycles. The van der Waals surface area contributed by atoms with Crippen LogP contribution in [0, 0.1) is 5.92 Å². The van der Waals surface area contributed by atoms with Crippen molar-refractivity contribution in [1.82, 2.24) is 26.6 Å². The molecular weight excluding hydrogens is 913 g/mol. The van der Waals surface area contributed by atoms with E-state index < -0.39 is 95.0 Å². The standard InChI is InChI=1S/C48H70N8O12S/c1-27(2)39(43(62)54-36(44(63)64)19-21-38(58)68-48(6,7)8)56-42(61)34(22-24-51-45(49)50)53-40(59)33(18-20-37(57)67-47(3,4)5)52-41(60)35(23-25-69-9)55-46(65)66-26-32-30-16-12-10-14-28(30)29-15-11-13-17-31(29)32/h10-17,27,32-36,39H,18-26H2,1-9H3,(H,52,60)(H,53,59)(H,54,62)(H,55,65)(H,56,61)(H,63,64)(H4,49,50,51)/t33-,34-,35-,36-,39-/m1/s1. The van der Waals surface area contributed by atoms with Crippen LogP contribution in [0.25, 0.3) is 11.1 Å². The number of alkyl carbamates (subject to hydrolysis) is 1. The minimum absolute atomic E-state index is 0.0193. The van der Waals surface area contributed by atoms with Crippen LogP contribution in [0.5, 0.6) is 0 Å². The summed E-state index contributed by atoms with van der Waals surface area (Å²) in [4.78, 5) is 111. The number of esters is 2. The molecule has 5 amide bonds. The van der Waals surface area contributed by atoms with Gasteiger partial charge in [-0.3, -0.25) is 33.8 Å². The number of thioether (sulfide) groups is 1. The van der Waals surface area contributed by atoms with Gasteiger partial charge in [-0.1, -0.05) is 62.4 Å². The largest absolute Gasteiger partial charge is 0.480 e. The number of guanidine groups is 1. The molecule has 0 aliphatic heterocycles. The van der Waals surface area contributed by atoms with Crippen LogP contribution in [0.15, 0.2) is 53.5 Å². The topological polar surface area (TPSA) is 309 Å². The zero-order valence-electron chi connectivity index (χ0n) is 41.0. The van der Waals surface area contributed by atoms with Crippen molar-refractivity contribution in [3.8, 4) is 11.1 Å². The molecule has 20 nitrogen and oxygen atoms in total. The van der Waals surface area contributed by atoms with Gasteiger partial charge in [-0.15, -0.1) is 0 Å². The van der Waals surface area contributed by atoms with Crippen LogP contribution < -0.4 is 38.1 Å². The van der Waals surface area contributed by atoms with Gasteiger partial charge < -0.3 is 57.4 Å². The summed E-state index contributed by atoms with van der Waals surface area (Å²) in [5.41, 5.74) is 13.5. The molecular formula is C48H70N8O12S. The number of nitrogens with zero attached hydrogens (tertiary/aromatic N) is 1. The third-order valence-electron chi connectivity index (χ3n) is 10.5. The number of benzene rings is 2. The second kappa shape index (κ2) is 26.4. The Kier molecular flexibility index (Phi) is 21.8. The van der Waals surface area contributed by atoms with Gasteiger partial charge in [0, 0.05) is 25.3 Å². The van der Waals surface area contributed by atoms with E-state index in [2.05, 4.69) is 31.6 Å². The van der Waals surface area contributed by atoms with Crippen LogP contribution in [0.2, 0.25) is 0 Å². The first kappa shape index (κ1) is 56.9. The lowest BCUT2D eigenvalue weighted by molar-refractivity contribution is -0.156. The van der Waals surface area contributed by atoms with Gasteiger partial charge in [0.2, 0.25) is 23.6 Å². The zero-order chi connectivity index (χ0) is 51.6. The maximum absolute atomic E-state index is 14.2. The van der Waals surface area contributed by atoms with Crippen LogP contribution in [-0.2, 0) is 47.8 Å². The number of rotatable bonds is 25. The Morgan fingerprint density at radius 3 is 1.57 bits per heavy atom. The first-order chi connectivity index (χ1) is 32.3. The van der Waals surface area contributed by atoms with Crippen LogP contribution in [0.1, 0.15) is 111 Å². The summed E-state index contributed by atoms with van der Waals surface area (Å²) in [6.07, 6.45) is -0.409. The average molecular weight is 983 g/mol. The maximum atomic E-state index is 14.2. The van der Waals surface area contributed by atoms with E-state index in [-0.39, 0.29) is 63.6 Å². The zero-order valence-corrected chi connectivity index (χ0v) is 41.8. The van der Waals surface area contributed by atoms with E-state index in [4.69, 9.17) is 25.7 Å². The summed E-state index contributed by atoms with van der Waals surface area (Å²) in [6.45, 7) is 13.0. The molecule has 0 saturated carbocycles. The van der Waals surface area contributed by atoms with E-state index in [1.54, 1.807) is 55.4 Å². The molecule has 21 heteroatoms. The molecule has 0 bridgehead atoms.